The van der Waals surface area contributed by atoms with Crippen LogP contribution in [0.2, 0.25) is 0 Å². The van der Waals surface area contributed by atoms with E-state index in [1.165, 1.54) is 0 Å². The predicted molar refractivity (Wildman–Crippen MR) is 130 cm³/mol. The van der Waals surface area contributed by atoms with E-state index in [1.807, 2.05) is 17.0 Å². The molecule has 1 fully saturated rings. The Kier molecular flexibility index (Phi) is 7.82. The van der Waals surface area contributed by atoms with Gasteiger partial charge in [-0.25, -0.2) is 23.7 Å². The average molecular weight is 485 g/mol. The fourth-order valence-electron chi connectivity index (χ4n) is 4.23. The van der Waals surface area contributed by atoms with Crippen LogP contribution in [0.3, 0.4) is 0 Å². The number of pyridine rings is 1. The van der Waals surface area contributed by atoms with Crippen molar-refractivity contribution in [2.75, 3.05) is 38.1 Å². The molecule has 0 saturated carbocycles. The molecule has 10 heteroatoms. The summed E-state index contributed by atoms with van der Waals surface area (Å²) >= 11 is 0. The van der Waals surface area contributed by atoms with Gasteiger partial charge in [0.1, 0.15) is 11.6 Å². The zero-order valence-electron chi connectivity index (χ0n) is 19.7. The van der Waals surface area contributed by atoms with Gasteiger partial charge in [-0.2, -0.15) is 0 Å². The van der Waals surface area contributed by atoms with Crippen LogP contribution in [0, 0.1) is 6.92 Å². The molecule has 1 saturated heterocycles. The minimum atomic E-state index is -2.66. The first-order valence-electron chi connectivity index (χ1n) is 11.8. The molecule has 1 unspecified atom stereocenters. The number of aliphatic hydroxyl groups is 1. The third kappa shape index (κ3) is 6.26. The molecule has 1 aliphatic heterocycles. The van der Waals surface area contributed by atoms with Crippen LogP contribution >= 0.6 is 0 Å². The van der Waals surface area contributed by atoms with Gasteiger partial charge in [0.2, 0.25) is 0 Å². The second-order valence-corrected chi connectivity index (χ2v) is 8.75. The lowest BCUT2D eigenvalue weighted by Gasteiger charge is -2.37. The molecule has 0 bridgehead atoms. The summed E-state index contributed by atoms with van der Waals surface area (Å²) < 4.78 is 27.5. The molecule has 4 rings (SSSR count). The summed E-state index contributed by atoms with van der Waals surface area (Å²) in [6.07, 6.45) is 3.57. The summed E-state index contributed by atoms with van der Waals surface area (Å²) in [6, 6.07) is 8.69. The van der Waals surface area contributed by atoms with Crippen LogP contribution in [0.5, 0.6) is 0 Å². The number of carbonyl (C=O) groups excluding carboxylic acids is 1. The molecule has 1 amide bonds. The van der Waals surface area contributed by atoms with Crippen LogP contribution in [0.15, 0.2) is 42.7 Å². The number of fused-ring (bicyclic) bond motifs is 1. The standard InChI is InChI=1S/C25H30F2N6O2/c1-17-29-14-18(15-30-17)22(33-11-8-25(26,27)9-12-33)16-31-24(35)20-4-2-5-21-19(20)6-7-23(32-21)28-10-3-13-34/h2,4-7,14-15,22,34H,3,8-13,16H2,1H3,(H,28,32)(H,31,35). The van der Waals surface area contributed by atoms with Crippen LogP contribution < -0.4 is 10.6 Å². The van der Waals surface area contributed by atoms with Crippen molar-refractivity contribution in [1.29, 1.82) is 0 Å². The van der Waals surface area contributed by atoms with Gasteiger partial charge >= 0.3 is 0 Å². The minimum absolute atomic E-state index is 0.0977. The van der Waals surface area contributed by atoms with Crippen LogP contribution in [-0.2, 0) is 0 Å². The van der Waals surface area contributed by atoms with Gasteiger partial charge in [0.25, 0.3) is 11.8 Å². The minimum Gasteiger partial charge on any atom is -0.396 e. The Morgan fingerprint density at radius 2 is 1.91 bits per heavy atom. The molecule has 3 N–H and O–H groups in total. The number of hydrogen-bond acceptors (Lipinski definition) is 7. The number of rotatable bonds is 9. The number of anilines is 1. The van der Waals surface area contributed by atoms with E-state index in [-0.39, 0.29) is 51.0 Å². The zero-order chi connectivity index (χ0) is 24.8. The molecule has 2 aromatic heterocycles. The number of aryl methyl sites for hydroxylation is 1. The SMILES string of the molecule is Cc1ncc(C(CNC(=O)c2cccc3nc(NCCCO)ccc23)N2CCC(F)(F)CC2)cn1. The number of nitrogens with zero attached hydrogens (tertiary/aromatic N) is 4. The van der Waals surface area contributed by atoms with Gasteiger partial charge in [0.05, 0.1) is 11.6 Å². The molecule has 0 radical (unpaired) electrons. The zero-order valence-corrected chi connectivity index (χ0v) is 19.7. The first kappa shape index (κ1) is 24.9. The van der Waals surface area contributed by atoms with Crippen molar-refractivity contribution < 1.29 is 18.7 Å². The number of halogens is 2. The van der Waals surface area contributed by atoms with Crippen molar-refractivity contribution in [3.8, 4) is 0 Å². The lowest BCUT2D eigenvalue weighted by atomic mass is 10.0. The first-order valence-corrected chi connectivity index (χ1v) is 11.8. The number of aliphatic hydroxyl groups excluding tert-OH is 1. The van der Waals surface area contributed by atoms with E-state index in [2.05, 4.69) is 25.6 Å². The van der Waals surface area contributed by atoms with Gasteiger partial charge in [-0.3, -0.25) is 9.69 Å². The lowest BCUT2D eigenvalue weighted by Crippen LogP contribution is -2.45. The average Bonchev–Trinajstić information content (AvgIpc) is 2.85. The normalized spacial score (nSPS) is 16.7. The first-order chi connectivity index (χ1) is 16.9. The highest BCUT2D eigenvalue weighted by molar-refractivity contribution is 6.06. The maximum Gasteiger partial charge on any atom is 0.252 e. The summed E-state index contributed by atoms with van der Waals surface area (Å²) in [6.45, 7) is 3.17. The van der Waals surface area contributed by atoms with Crippen LogP contribution in [0.4, 0.5) is 14.6 Å². The fraction of sp³-hybridized carbons (Fsp3) is 0.440. The molecule has 1 atom stereocenters. The molecule has 3 heterocycles. The second kappa shape index (κ2) is 11.0. The fourth-order valence-corrected chi connectivity index (χ4v) is 4.23. The van der Waals surface area contributed by atoms with E-state index in [9.17, 15) is 13.6 Å². The summed E-state index contributed by atoms with van der Waals surface area (Å²) in [5.74, 6) is -1.63. The summed E-state index contributed by atoms with van der Waals surface area (Å²) in [4.78, 5) is 28.2. The van der Waals surface area contributed by atoms with Crippen molar-refractivity contribution >= 4 is 22.6 Å². The molecule has 186 valence electrons. The van der Waals surface area contributed by atoms with Crippen molar-refractivity contribution in [1.82, 2.24) is 25.2 Å². The van der Waals surface area contributed by atoms with E-state index in [4.69, 9.17) is 5.11 Å². The number of carbonyl (C=O) groups is 1. The number of hydrogen-bond donors (Lipinski definition) is 3. The molecule has 0 spiro atoms. The number of aromatic nitrogens is 3. The Bertz CT molecular complexity index is 1150. The highest BCUT2D eigenvalue weighted by Gasteiger charge is 2.36. The predicted octanol–water partition coefficient (Wildman–Crippen LogP) is 3.33. The van der Waals surface area contributed by atoms with Gasteiger partial charge in [-0.05, 0) is 37.6 Å². The Balaban J connectivity index is 1.50. The van der Waals surface area contributed by atoms with E-state index < -0.39 is 5.92 Å². The number of alkyl halides is 2. The smallest absolute Gasteiger partial charge is 0.252 e. The van der Waals surface area contributed by atoms with E-state index in [0.29, 0.717) is 41.1 Å². The topological polar surface area (TPSA) is 103 Å². The molecule has 1 aliphatic rings. The quantitative estimate of drug-likeness (QED) is 0.400. The van der Waals surface area contributed by atoms with Crippen molar-refractivity contribution in [2.24, 2.45) is 0 Å². The van der Waals surface area contributed by atoms with Gasteiger partial charge in [-0.15, -0.1) is 0 Å². The largest absolute Gasteiger partial charge is 0.396 e. The Labute approximate surface area is 202 Å². The molecule has 3 aromatic rings. The number of amides is 1. The van der Waals surface area contributed by atoms with Gasteiger partial charge < -0.3 is 15.7 Å². The van der Waals surface area contributed by atoms with Crippen molar-refractivity contribution in [3.05, 3.63) is 59.7 Å². The van der Waals surface area contributed by atoms with Crippen LogP contribution in [-0.4, -0.2) is 69.6 Å². The number of likely N-dealkylation sites (tertiary alicyclic amines) is 1. The van der Waals surface area contributed by atoms with Gasteiger partial charge in [0.15, 0.2) is 0 Å². The molecule has 35 heavy (non-hydrogen) atoms. The maximum absolute atomic E-state index is 13.8. The Hall–Kier alpha value is -3.24. The van der Waals surface area contributed by atoms with Crippen molar-refractivity contribution in [3.63, 3.8) is 0 Å². The van der Waals surface area contributed by atoms with Gasteiger partial charge in [-0.1, -0.05) is 6.07 Å². The van der Waals surface area contributed by atoms with E-state index in [1.54, 1.807) is 37.5 Å². The second-order valence-electron chi connectivity index (χ2n) is 8.75. The van der Waals surface area contributed by atoms with Crippen LogP contribution in [0.1, 0.15) is 47.1 Å². The third-order valence-corrected chi connectivity index (χ3v) is 6.23. The molecular weight excluding hydrogens is 454 g/mol. The maximum atomic E-state index is 13.8. The lowest BCUT2D eigenvalue weighted by molar-refractivity contribution is -0.0632. The molecule has 0 aliphatic carbocycles. The molecule has 8 nitrogen and oxygen atoms in total. The van der Waals surface area contributed by atoms with Crippen LogP contribution in [0.25, 0.3) is 10.9 Å². The third-order valence-electron chi connectivity index (χ3n) is 6.23. The monoisotopic (exact) mass is 484 g/mol. The van der Waals surface area contributed by atoms with Gasteiger partial charge in [0, 0.05) is 74.5 Å². The molecule has 1 aromatic carbocycles. The Morgan fingerprint density at radius 1 is 1.17 bits per heavy atom. The number of nitrogens with one attached hydrogen (secondary N) is 2. The Morgan fingerprint density at radius 3 is 2.63 bits per heavy atom. The summed E-state index contributed by atoms with van der Waals surface area (Å²) in [7, 11) is 0. The molecular formula is C25H30F2N6O2. The summed E-state index contributed by atoms with van der Waals surface area (Å²) in [5, 5.41) is 15.8. The number of benzene rings is 1. The summed E-state index contributed by atoms with van der Waals surface area (Å²) in [5.41, 5.74) is 1.94. The highest BCUT2D eigenvalue weighted by Crippen LogP contribution is 2.32. The van der Waals surface area contributed by atoms with Crippen molar-refractivity contribution in [2.45, 2.75) is 38.2 Å². The highest BCUT2D eigenvalue weighted by atomic mass is 19.3. The van der Waals surface area contributed by atoms with E-state index in [0.717, 1.165) is 5.56 Å². The van der Waals surface area contributed by atoms with E-state index >= 15 is 0 Å². The number of piperidine rings is 1.